The monoisotopic (exact) mass is 367 g/mol. The minimum absolute atomic E-state index is 0.193. The number of aromatic nitrogens is 3. The molecule has 0 aromatic carbocycles. The molecule has 0 unspecified atom stereocenters. The molecule has 2 saturated carbocycles. The van der Waals surface area contributed by atoms with Crippen LogP contribution in [0.1, 0.15) is 38.2 Å². The van der Waals surface area contributed by atoms with E-state index < -0.39 is 11.9 Å². The van der Waals surface area contributed by atoms with E-state index in [1.165, 1.54) is 12.8 Å². The standard InChI is InChI=1S/C18H21N7O2/c1-9(10-2-3-10)20-14-7-15(21-12-4-5-12)25-16(23-14)11(8-19-25)6-13-17(26)24-18(27)22-13/h6-10,12,21H,2-5H2,1H3,(H,20,23)(H2,22,24,26,27)/b13-6-/t9-/m1/s1. The Morgan fingerprint density at radius 2 is 2.07 bits per heavy atom. The van der Waals surface area contributed by atoms with E-state index in [0.717, 1.165) is 24.5 Å². The lowest BCUT2D eigenvalue weighted by Crippen LogP contribution is -2.22. The van der Waals surface area contributed by atoms with E-state index in [-0.39, 0.29) is 5.70 Å². The molecule has 140 valence electrons. The topological polar surface area (TPSA) is 112 Å². The molecule has 2 aromatic heterocycles. The number of hydrogen-bond donors (Lipinski definition) is 4. The summed E-state index contributed by atoms with van der Waals surface area (Å²) >= 11 is 0. The molecule has 1 atom stereocenters. The van der Waals surface area contributed by atoms with Gasteiger partial charge in [0.25, 0.3) is 5.91 Å². The van der Waals surface area contributed by atoms with Crippen molar-refractivity contribution in [3.8, 4) is 0 Å². The SMILES string of the molecule is C[C@@H](Nc1cc(NC2CC2)n2ncc(/C=C3\NC(=O)NC3=O)c2n1)C1CC1. The summed E-state index contributed by atoms with van der Waals surface area (Å²) < 4.78 is 1.74. The zero-order valence-electron chi connectivity index (χ0n) is 15.0. The van der Waals surface area contributed by atoms with Crippen LogP contribution in [0.2, 0.25) is 0 Å². The number of nitrogens with zero attached hydrogens (tertiary/aromatic N) is 3. The Hall–Kier alpha value is -3.10. The van der Waals surface area contributed by atoms with E-state index in [1.807, 2.05) is 6.07 Å². The van der Waals surface area contributed by atoms with Crippen molar-refractivity contribution in [2.24, 2.45) is 5.92 Å². The van der Waals surface area contributed by atoms with Crippen molar-refractivity contribution >= 4 is 35.3 Å². The van der Waals surface area contributed by atoms with Crippen LogP contribution in [0.15, 0.2) is 18.0 Å². The van der Waals surface area contributed by atoms with Crippen LogP contribution in [0.5, 0.6) is 0 Å². The van der Waals surface area contributed by atoms with Crippen LogP contribution < -0.4 is 21.3 Å². The summed E-state index contributed by atoms with van der Waals surface area (Å²) in [7, 11) is 0. The fourth-order valence-electron chi connectivity index (χ4n) is 3.28. The first-order valence-electron chi connectivity index (χ1n) is 9.33. The Kier molecular flexibility index (Phi) is 3.56. The van der Waals surface area contributed by atoms with Gasteiger partial charge in [0.15, 0.2) is 5.65 Å². The highest BCUT2D eigenvalue weighted by atomic mass is 16.2. The van der Waals surface area contributed by atoms with E-state index in [0.29, 0.717) is 29.2 Å². The minimum Gasteiger partial charge on any atom is -0.367 e. The first-order valence-corrected chi connectivity index (χ1v) is 9.33. The molecule has 5 rings (SSSR count). The second-order valence-electron chi connectivity index (χ2n) is 7.52. The maximum atomic E-state index is 11.8. The Balaban J connectivity index is 1.54. The van der Waals surface area contributed by atoms with Gasteiger partial charge in [-0.25, -0.2) is 9.78 Å². The van der Waals surface area contributed by atoms with Crippen LogP contribution in [0.25, 0.3) is 11.7 Å². The van der Waals surface area contributed by atoms with Gasteiger partial charge in [-0.3, -0.25) is 10.1 Å². The average molecular weight is 367 g/mol. The molecule has 9 nitrogen and oxygen atoms in total. The summed E-state index contributed by atoms with van der Waals surface area (Å²) in [5, 5.41) is 16.1. The van der Waals surface area contributed by atoms with E-state index >= 15 is 0 Å². The van der Waals surface area contributed by atoms with Crippen molar-refractivity contribution < 1.29 is 9.59 Å². The molecule has 0 radical (unpaired) electrons. The maximum absolute atomic E-state index is 11.8. The summed E-state index contributed by atoms with van der Waals surface area (Å²) in [5.41, 5.74) is 1.50. The lowest BCUT2D eigenvalue weighted by atomic mass is 10.2. The lowest BCUT2D eigenvalue weighted by Gasteiger charge is -2.16. The van der Waals surface area contributed by atoms with Gasteiger partial charge in [0.1, 0.15) is 17.3 Å². The molecule has 3 amide bonds. The molecular formula is C18H21N7O2. The predicted molar refractivity (Wildman–Crippen MR) is 100 cm³/mol. The third kappa shape index (κ3) is 3.20. The molecular weight excluding hydrogens is 346 g/mol. The van der Waals surface area contributed by atoms with Gasteiger partial charge in [-0.05, 0) is 44.6 Å². The van der Waals surface area contributed by atoms with Crippen LogP contribution in [0.3, 0.4) is 0 Å². The largest absolute Gasteiger partial charge is 0.367 e. The van der Waals surface area contributed by atoms with Gasteiger partial charge in [0, 0.05) is 23.7 Å². The molecule has 3 fully saturated rings. The first kappa shape index (κ1) is 16.1. The van der Waals surface area contributed by atoms with Gasteiger partial charge >= 0.3 is 6.03 Å². The van der Waals surface area contributed by atoms with E-state index in [4.69, 9.17) is 4.98 Å². The highest BCUT2D eigenvalue weighted by molar-refractivity contribution is 6.14. The molecule has 1 aliphatic heterocycles. The zero-order chi connectivity index (χ0) is 18.5. The number of carbonyl (C=O) groups is 2. The molecule has 4 N–H and O–H groups in total. The van der Waals surface area contributed by atoms with Crippen molar-refractivity contribution in [3.63, 3.8) is 0 Å². The summed E-state index contributed by atoms with van der Waals surface area (Å²) in [5.74, 6) is 1.90. The van der Waals surface area contributed by atoms with Gasteiger partial charge in [0.05, 0.1) is 6.20 Å². The Morgan fingerprint density at radius 1 is 1.26 bits per heavy atom. The molecule has 2 aliphatic carbocycles. The van der Waals surface area contributed by atoms with E-state index in [2.05, 4.69) is 33.3 Å². The van der Waals surface area contributed by atoms with Gasteiger partial charge in [0.2, 0.25) is 0 Å². The summed E-state index contributed by atoms with van der Waals surface area (Å²) in [6.07, 6.45) is 8.06. The van der Waals surface area contributed by atoms with Crippen molar-refractivity contribution in [3.05, 3.63) is 23.5 Å². The van der Waals surface area contributed by atoms with Crippen LogP contribution in [-0.2, 0) is 4.79 Å². The number of urea groups is 1. The number of nitrogens with one attached hydrogen (secondary N) is 4. The van der Waals surface area contributed by atoms with E-state index in [9.17, 15) is 9.59 Å². The van der Waals surface area contributed by atoms with Crippen molar-refractivity contribution in [2.45, 2.75) is 44.7 Å². The van der Waals surface area contributed by atoms with Crippen LogP contribution in [0, 0.1) is 5.92 Å². The van der Waals surface area contributed by atoms with Crippen LogP contribution in [0.4, 0.5) is 16.4 Å². The quantitative estimate of drug-likeness (QED) is 0.457. The van der Waals surface area contributed by atoms with Gasteiger partial charge in [-0.2, -0.15) is 9.61 Å². The van der Waals surface area contributed by atoms with Crippen molar-refractivity contribution in [2.75, 3.05) is 10.6 Å². The van der Waals surface area contributed by atoms with Gasteiger partial charge in [-0.1, -0.05) is 0 Å². The third-order valence-corrected chi connectivity index (χ3v) is 5.15. The number of anilines is 2. The second-order valence-corrected chi connectivity index (χ2v) is 7.52. The summed E-state index contributed by atoms with van der Waals surface area (Å²) in [6.45, 7) is 2.18. The average Bonchev–Trinajstić information content (AvgIpc) is 3.53. The maximum Gasteiger partial charge on any atom is 0.326 e. The van der Waals surface area contributed by atoms with E-state index in [1.54, 1.807) is 16.8 Å². The molecule has 3 aliphatic rings. The molecule has 0 spiro atoms. The van der Waals surface area contributed by atoms with Crippen molar-refractivity contribution in [1.29, 1.82) is 0 Å². The number of carbonyl (C=O) groups excluding carboxylic acids is 2. The third-order valence-electron chi connectivity index (χ3n) is 5.15. The minimum atomic E-state index is -0.521. The molecule has 27 heavy (non-hydrogen) atoms. The Labute approximate surface area is 155 Å². The molecule has 3 heterocycles. The highest BCUT2D eigenvalue weighted by Gasteiger charge is 2.29. The Bertz CT molecular complexity index is 971. The molecule has 0 bridgehead atoms. The molecule has 1 saturated heterocycles. The number of imide groups is 1. The first-order chi connectivity index (χ1) is 13.1. The van der Waals surface area contributed by atoms with Gasteiger partial charge in [-0.15, -0.1) is 0 Å². The number of amides is 3. The number of fused-ring (bicyclic) bond motifs is 1. The smallest absolute Gasteiger partial charge is 0.326 e. The second kappa shape index (κ2) is 5.97. The zero-order valence-corrected chi connectivity index (χ0v) is 15.0. The summed E-state index contributed by atoms with van der Waals surface area (Å²) in [4.78, 5) is 27.9. The summed E-state index contributed by atoms with van der Waals surface area (Å²) in [6, 6.07) is 2.29. The van der Waals surface area contributed by atoms with Crippen LogP contribution in [-0.4, -0.2) is 38.6 Å². The molecule has 9 heteroatoms. The lowest BCUT2D eigenvalue weighted by molar-refractivity contribution is -0.115. The predicted octanol–water partition coefficient (Wildman–Crippen LogP) is 1.69. The number of rotatable bonds is 6. The normalized spacial score (nSPS) is 22.0. The highest BCUT2D eigenvalue weighted by Crippen LogP contribution is 2.34. The molecule has 2 aromatic rings. The Morgan fingerprint density at radius 3 is 2.74 bits per heavy atom. The fourth-order valence-corrected chi connectivity index (χ4v) is 3.28. The fraction of sp³-hybridized carbons (Fsp3) is 0.444. The van der Waals surface area contributed by atoms with Gasteiger partial charge < -0.3 is 16.0 Å². The van der Waals surface area contributed by atoms with Crippen molar-refractivity contribution in [1.82, 2.24) is 25.2 Å². The van der Waals surface area contributed by atoms with Crippen LogP contribution >= 0.6 is 0 Å². The number of hydrogen-bond acceptors (Lipinski definition) is 6.